The minimum atomic E-state index is -0.279. The number of carbonyl (C=O) groups is 2. The molecule has 1 saturated heterocycles. The first-order valence-electron chi connectivity index (χ1n) is 7.52. The van der Waals surface area contributed by atoms with E-state index < -0.39 is 0 Å². The molecule has 0 aromatic carbocycles. The Hall–Kier alpha value is -1.26. The molecule has 1 aliphatic heterocycles. The van der Waals surface area contributed by atoms with E-state index >= 15 is 0 Å². The summed E-state index contributed by atoms with van der Waals surface area (Å²) < 4.78 is 0. The summed E-state index contributed by atoms with van der Waals surface area (Å²) in [5.41, 5.74) is 0. The Bertz CT molecular complexity index is 266. The summed E-state index contributed by atoms with van der Waals surface area (Å²) in [5.74, 6) is -0.00316. The van der Waals surface area contributed by atoms with Gasteiger partial charge in [0.15, 0.2) is 0 Å². The van der Waals surface area contributed by atoms with Crippen molar-refractivity contribution in [2.75, 3.05) is 19.6 Å². The number of likely N-dealkylation sites (tertiary alicyclic amines) is 1. The fourth-order valence-electron chi connectivity index (χ4n) is 2.26. The van der Waals surface area contributed by atoms with E-state index in [2.05, 4.69) is 24.5 Å². The van der Waals surface area contributed by atoms with Gasteiger partial charge in [0.25, 0.3) is 0 Å². The number of rotatable bonds is 7. The van der Waals surface area contributed by atoms with Crippen LogP contribution in [0, 0.1) is 0 Å². The second kappa shape index (κ2) is 8.77. The predicted octanol–water partition coefficient (Wildman–Crippen LogP) is 1.88. The van der Waals surface area contributed by atoms with Crippen LogP contribution in [0.4, 0.5) is 4.79 Å². The van der Waals surface area contributed by atoms with Crippen LogP contribution < -0.4 is 10.6 Å². The fraction of sp³-hybridized carbons (Fsp3) is 0.857. The third-order valence-corrected chi connectivity index (χ3v) is 3.45. The van der Waals surface area contributed by atoms with E-state index in [-0.39, 0.29) is 18.0 Å². The summed E-state index contributed by atoms with van der Waals surface area (Å²) in [6.07, 6.45) is 5.77. The minimum absolute atomic E-state index is 0.00316. The Morgan fingerprint density at radius 3 is 2.37 bits per heavy atom. The van der Waals surface area contributed by atoms with E-state index in [0.717, 1.165) is 38.5 Å². The summed E-state index contributed by atoms with van der Waals surface area (Å²) in [4.78, 5) is 25.7. The van der Waals surface area contributed by atoms with Crippen molar-refractivity contribution in [3.8, 4) is 0 Å². The molecular weight excluding hydrogens is 242 g/mol. The van der Waals surface area contributed by atoms with Crippen LogP contribution in [0.15, 0.2) is 0 Å². The molecule has 1 aliphatic rings. The van der Waals surface area contributed by atoms with Crippen LogP contribution in [0.5, 0.6) is 0 Å². The molecular formula is C14H27N3O2. The van der Waals surface area contributed by atoms with Gasteiger partial charge in [-0.1, -0.05) is 26.7 Å². The molecule has 0 bridgehead atoms. The first-order chi connectivity index (χ1) is 9.20. The van der Waals surface area contributed by atoms with Crippen LogP contribution in [0.25, 0.3) is 0 Å². The van der Waals surface area contributed by atoms with Gasteiger partial charge < -0.3 is 15.5 Å². The van der Waals surface area contributed by atoms with E-state index in [1.807, 2.05) is 0 Å². The summed E-state index contributed by atoms with van der Waals surface area (Å²) in [6, 6.07) is -0.375. The smallest absolute Gasteiger partial charge is 0.318 e. The monoisotopic (exact) mass is 269 g/mol. The summed E-state index contributed by atoms with van der Waals surface area (Å²) in [6.45, 7) is 6.26. The normalized spacial score (nSPS) is 18.4. The zero-order valence-electron chi connectivity index (χ0n) is 12.2. The average molecular weight is 269 g/mol. The van der Waals surface area contributed by atoms with Gasteiger partial charge in [-0.2, -0.15) is 0 Å². The number of carbonyl (C=O) groups excluding carboxylic acids is 2. The molecule has 0 aliphatic carbocycles. The number of hydrogen-bond donors (Lipinski definition) is 2. The maximum Gasteiger partial charge on any atom is 0.318 e. The lowest BCUT2D eigenvalue weighted by atomic mass is 10.2. The molecule has 0 saturated carbocycles. The SMILES string of the molecule is CCCCNC(=O)C1CCCN1C(=O)NCCCC. The largest absolute Gasteiger partial charge is 0.354 e. The van der Waals surface area contributed by atoms with E-state index in [9.17, 15) is 9.59 Å². The molecule has 1 heterocycles. The van der Waals surface area contributed by atoms with E-state index in [1.54, 1.807) is 4.90 Å². The zero-order chi connectivity index (χ0) is 14.1. The molecule has 5 heteroatoms. The molecule has 0 aromatic rings. The van der Waals surface area contributed by atoms with Crippen molar-refractivity contribution in [2.24, 2.45) is 0 Å². The standard InChI is InChI=1S/C14H27N3O2/c1-3-5-9-15-13(18)12-8-7-11-17(12)14(19)16-10-6-4-2/h12H,3-11H2,1-2H3,(H,15,18)(H,16,19). The van der Waals surface area contributed by atoms with Crippen LogP contribution in [0.1, 0.15) is 52.4 Å². The molecule has 0 aromatic heterocycles. The van der Waals surface area contributed by atoms with Gasteiger partial charge in [0, 0.05) is 19.6 Å². The Morgan fingerprint density at radius 2 is 1.74 bits per heavy atom. The van der Waals surface area contributed by atoms with Gasteiger partial charge in [-0.3, -0.25) is 4.79 Å². The lowest BCUT2D eigenvalue weighted by Crippen LogP contribution is -2.49. The summed E-state index contributed by atoms with van der Waals surface area (Å²) in [5, 5.41) is 5.80. The molecule has 2 N–H and O–H groups in total. The lowest BCUT2D eigenvalue weighted by molar-refractivity contribution is -0.124. The van der Waals surface area contributed by atoms with Gasteiger partial charge >= 0.3 is 6.03 Å². The summed E-state index contributed by atoms with van der Waals surface area (Å²) >= 11 is 0. The van der Waals surface area contributed by atoms with Crippen LogP contribution in [0.2, 0.25) is 0 Å². The number of nitrogens with one attached hydrogen (secondary N) is 2. The number of hydrogen-bond acceptors (Lipinski definition) is 2. The van der Waals surface area contributed by atoms with E-state index in [4.69, 9.17) is 0 Å². The minimum Gasteiger partial charge on any atom is -0.354 e. The lowest BCUT2D eigenvalue weighted by Gasteiger charge is -2.24. The molecule has 5 nitrogen and oxygen atoms in total. The molecule has 19 heavy (non-hydrogen) atoms. The molecule has 1 atom stereocenters. The zero-order valence-corrected chi connectivity index (χ0v) is 12.2. The fourth-order valence-corrected chi connectivity index (χ4v) is 2.26. The van der Waals surface area contributed by atoms with Crippen molar-refractivity contribution in [1.29, 1.82) is 0 Å². The van der Waals surface area contributed by atoms with Gasteiger partial charge in [-0.25, -0.2) is 4.79 Å². The quantitative estimate of drug-likeness (QED) is 0.693. The van der Waals surface area contributed by atoms with E-state index in [0.29, 0.717) is 19.6 Å². The first kappa shape index (κ1) is 15.8. The van der Waals surface area contributed by atoms with Crippen LogP contribution in [0.3, 0.4) is 0 Å². The Labute approximate surface area is 116 Å². The maximum atomic E-state index is 12.0. The first-order valence-corrected chi connectivity index (χ1v) is 7.52. The molecule has 1 unspecified atom stereocenters. The van der Waals surface area contributed by atoms with Gasteiger partial charge in [0.05, 0.1) is 0 Å². The number of unbranched alkanes of at least 4 members (excludes halogenated alkanes) is 2. The topological polar surface area (TPSA) is 61.4 Å². The highest BCUT2D eigenvalue weighted by atomic mass is 16.2. The Morgan fingerprint density at radius 1 is 1.11 bits per heavy atom. The van der Waals surface area contributed by atoms with Gasteiger partial charge in [-0.15, -0.1) is 0 Å². The maximum absolute atomic E-state index is 12.0. The number of nitrogens with zero attached hydrogens (tertiary/aromatic N) is 1. The van der Waals surface area contributed by atoms with Crippen LogP contribution in [-0.2, 0) is 4.79 Å². The van der Waals surface area contributed by atoms with Gasteiger partial charge in [0.2, 0.25) is 5.91 Å². The molecule has 3 amide bonds. The van der Waals surface area contributed by atoms with Crippen molar-refractivity contribution in [2.45, 2.75) is 58.4 Å². The third kappa shape index (κ3) is 5.09. The van der Waals surface area contributed by atoms with E-state index in [1.165, 1.54) is 0 Å². The van der Waals surface area contributed by atoms with Crippen molar-refractivity contribution >= 4 is 11.9 Å². The molecule has 0 spiro atoms. The molecule has 1 rings (SSSR count). The highest BCUT2D eigenvalue weighted by molar-refractivity contribution is 5.87. The predicted molar refractivity (Wildman–Crippen MR) is 76.0 cm³/mol. The van der Waals surface area contributed by atoms with Crippen LogP contribution in [-0.4, -0.2) is 42.5 Å². The van der Waals surface area contributed by atoms with Crippen LogP contribution >= 0.6 is 0 Å². The highest BCUT2D eigenvalue weighted by Crippen LogP contribution is 2.17. The Balaban J connectivity index is 2.39. The number of amides is 3. The molecule has 110 valence electrons. The third-order valence-electron chi connectivity index (χ3n) is 3.45. The van der Waals surface area contributed by atoms with Gasteiger partial charge in [0.1, 0.15) is 6.04 Å². The summed E-state index contributed by atoms with van der Waals surface area (Å²) in [7, 11) is 0. The van der Waals surface area contributed by atoms with Crippen molar-refractivity contribution in [1.82, 2.24) is 15.5 Å². The Kier molecular flexibility index (Phi) is 7.30. The van der Waals surface area contributed by atoms with Gasteiger partial charge in [-0.05, 0) is 25.7 Å². The second-order valence-electron chi connectivity index (χ2n) is 5.08. The molecule has 1 fully saturated rings. The average Bonchev–Trinajstić information content (AvgIpc) is 2.88. The van der Waals surface area contributed by atoms with Crippen molar-refractivity contribution in [3.63, 3.8) is 0 Å². The molecule has 0 radical (unpaired) electrons. The van der Waals surface area contributed by atoms with Crippen molar-refractivity contribution in [3.05, 3.63) is 0 Å². The number of urea groups is 1. The highest BCUT2D eigenvalue weighted by Gasteiger charge is 2.33. The second-order valence-corrected chi connectivity index (χ2v) is 5.08. The van der Waals surface area contributed by atoms with Crippen molar-refractivity contribution < 1.29 is 9.59 Å².